The van der Waals surface area contributed by atoms with Crippen molar-refractivity contribution in [2.75, 3.05) is 10.6 Å². The Morgan fingerprint density at radius 3 is 2.46 bits per heavy atom. The van der Waals surface area contributed by atoms with Crippen molar-refractivity contribution >= 4 is 34.8 Å². The van der Waals surface area contributed by atoms with Crippen LogP contribution in [-0.4, -0.2) is 15.9 Å². The maximum atomic E-state index is 12.6. The highest BCUT2D eigenvalue weighted by atomic mass is 35.5. The maximum Gasteiger partial charge on any atom is 0.274 e. The summed E-state index contributed by atoms with van der Waals surface area (Å²) in [6, 6.07) is 12.9. The van der Waals surface area contributed by atoms with Gasteiger partial charge in [-0.3, -0.25) is 4.79 Å². The molecule has 1 heterocycles. The van der Waals surface area contributed by atoms with Crippen molar-refractivity contribution in [1.82, 2.24) is 9.97 Å². The van der Waals surface area contributed by atoms with Crippen LogP contribution in [0.2, 0.25) is 5.02 Å². The number of aromatic nitrogens is 2. The summed E-state index contributed by atoms with van der Waals surface area (Å²) in [7, 11) is 0. The number of aryl methyl sites for hydroxylation is 3. The minimum Gasteiger partial charge on any atom is -0.324 e. The number of hydrogen-bond donors (Lipinski definition) is 2. The van der Waals surface area contributed by atoms with Crippen molar-refractivity contribution in [3.05, 3.63) is 76.1 Å². The minimum atomic E-state index is -0.281. The van der Waals surface area contributed by atoms with Crippen molar-refractivity contribution in [3.8, 4) is 0 Å². The Kier molecular flexibility index (Phi) is 5.19. The van der Waals surface area contributed by atoms with Gasteiger partial charge in [0.15, 0.2) is 0 Å². The third-order valence-corrected chi connectivity index (χ3v) is 4.12. The zero-order valence-electron chi connectivity index (χ0n) is 14.8. The maximum absolute atomic E-state index is 12.6. The van der Waals surface area contributed by atoms with E-state index in [1.807, 2.05) is 45.0 Å². The predicted molar refractivity (Wildman–Crippen MR) is 105 cm³/mol. The van der Waals surface area contributed by atoms with E-state index < -0.39 is 0 Å². The highest BCUT2D eigenvalue weighted by Gasteiger charge is 2.12. The molecule has 3 aromatic rings. The second-order valence-corrected chi connectivity index (χ2v) is 6.57. The molecule has 0 saturated carbocycles. The third kappa shape index (κ3) is 4.18. The van der Waals surface area contributed by atoms with Crippen molar-refractivity contribution in [2.24, 2.45) is 0 Å². The van der Waals surface area contributed by atoms with Crippen molar-refractivity contribution < 1.29 is 4.79 Å². The van der Waals surface area contributed by atoms with Crippen LogP contribution in [0.1, 0.15) is 27.2 Å². The smallest absolute Gasteiger partial charge is 0.274 e. The topological polar surface area (TPSA) is 66.9 Å². The molecule has 3 rings (SSSR count). The number of nitrogens with zero attached hydrogens (tertiary/aromatic N) is 2. The lowest BCUT2D eigenvalue weighted by Gasteiger charge is -2.13. The van der Waals surface area contributed by atoms with E-state index in [0.29, 0.717) is 11.0 Å². The first kappa shape index (κ1) is 17.9. The van der Waals surface area contributed by atoms with Crippen LogP contribution in [0.3, 0.4) is 0 Å². The van der Waals surface area contributed by atoms with Crippen LogP contribution in [0.15, 0.2) is 48.7 Å². The van der Waals surface area contributed by atoms with Gasteiger partial charge in [-0.25, -0.2) is 9.97 Å². The number of halogens is 1. The normalized spacial score (nSPS) is 10.5. The molecule has 1 amide bonds. The van der Waals surface area contributed by atoms with Gasteiger partial charge in [-0.15, -0.1) is 0 Å². The zero-order valence-corrected chi connectivity index (χ0v) is 15.6. The van der Waals surface area contributed by atoms with E-state index in [1.54, 1.807) is 24.4 Å². The Bertz CT molecular complexity index is 949. The molecule has 0 fully saturated rings. The van der Waals surface area contributed by atoms with Crippen molar-refractivity contribution in [1.29, 1.82) is 0 Å². The number of anilines is 3. The van der Waals surface area contributed by atoms with Gasteiger partial charge in [0.25, 0.3) is 5.91 Å². The first-order chi connectivity index (χ1) is 12.4. The monoisotopic (exact) mass is 366 g/mol. The number of nitrogens with one attached hydrogen (secondary N) is 2. The van der Waals surface area contributed by atoms with Crippen LogP contribution in [0, 0.1) is 20.8 Å². The minimum absolute atomic E-state index is 0.281. The summed E-state index contributed by atoms with van der Waals surface area (Å²) in [5.41, 5.74) is 5.03. The molecule has 0 aliphatic carbocycles. The van der Waals surface area contributed by atoms with E-state index in [4.69, 9.17) is 11.6 Å². The lowest BCUT2D eigenvalue weighted by Crippen LogP contribution is -2.16. The average Bonchev–Trinajstić information content (AvgIpc) is 2.58. The van der Waals surface area contributed by atoms with Gasteiger partial charge in [-0.05, 0) is 56.2 Å². The van der Waals surface area contributed by atoms with E-state index in [2.05, 4.69) is 20.6 Å². The molecule has 0 aliphatic heterocycles. The molecule has 2 N–H and O–H groups in total. The highest BCUT2D eigenvalue weighted by molar-refractivity contribution is 6.30. The van der Waals surface area contributed by atoms with Gasteiger partial charge >= 0.3 is 0 Å². The molecule has 0 saturated heterocycles. The second kappa shape index (κ2) is 7.54. The summed E-state index contributed by atoms with van der Waals surface area (Å²) in [5, 5.41) is 6.60. The Morgan fingerprint density at radius 2 is 1.77 bits per heavy atom. The van der Waals surface area contributed by atoms with Gasteiger partial charge in [-0.2, -0.15) is 0 Å². The van der Waals surface area contributed by atoms with Gasteiger partial charge in [0.05, 0.1) is 0 Å². The van der Waals surface area contributed by atoms with Crippen LogP contribution in [-0.2, 0) is 0 Å². The molecular weight excluding hydrogens is 348 g/mol. The van der Waals surface area contributed by atoms with Crippen LogP contribution >= 0.6 is 11.6 Å². The van der Waals surface area contributed by atoms with Crippen LogP contribution in [0.4, 0.5) is 17.3 Å². The second-order valence-electron chi connectivity index (χ2n) is 6.13. The standard InChI is InChI=1S/C20H19ClN4O/c1-12-9-13(2)18(14(3)10-12)25-19(26)17-7-8-22-20(24-17)23-16-6-4-5-15(21)11-16/h4-11H,1-3H3,(H,25,26)(H,22,23,24). The molecule has 1 aromatic heterocycles. The Morgan fingerprint density at radius 1 is 1.04 bits per heavy atom. The molecule has 0 unspecified atom stereocenters. The van der Waals surface area contributed by atoms with Crippen molar-refractivity contribution in [3.63, 3.8) is 0 Å². The molecule has 0 spiro atoms. The quantitative estimate of drug-likeness (QED) is 0.678. The molecule has 0 atom stereocenters. The molecule has 2 aromatic carbocycles. The summed E-state index contributed by atoms with van der Waals surface area (Å²) >= 11 is 5.98. The largest absolute Gasteiger partial charge is 0.324 e. The van der Waals surface area contributed by atoms with Gasteiger partial charge in [-0.1, -0.05) is 35.4 Å². The SMILES string of the molecule is Cc1cc(C)c(NC(=O)c2ccnc(Nc3cccc(Cl)c3)n2)c(C)c1. The molecule has 5 nitrogen and oxygen atoms in total. The van der Waals surface area contributed by atoms with E-state index in [9.17, 15) is 4.79 Å². The predicted octanol–water partition coefficient (Wildman–Crippen LogP) is 5.05. The van der Waals surface area contributed by atoms with Gasteiger partial charge in [0, 0.05) is 22.6 Å². The first-order valence-electron chi connectivity index (χ1n) is 8.17. The number of amides is 1. The fraction of sp³-hybridized carbons (Fsp3) is 0.150. The lowest BCUT2D eigenvalue weighted by molar-refractivity contribution is 0.102. The number of rotatable bonds is 4. The molecule has 0 radical (unpaired) electrons. The van der Waals surface area contributed by atoms with Gasteiger partial charge in [0.2, 0.25) is 5.95 Å². The summed E-state index contributed by atoms with van der Waals surface area (Å²) in [4.78, 5) is 21.1. The van der Waals surface area contributed by atoms with Crippen LogP contribution in [0.25, 0.3) is 0 Å². The lowest BCUT2D eigenvalue weighted by atomic mass is 10.1. The summed E-state index contributed by atoms with van der Waals surface area (Å²) in [6.07, 6.45) is 1.55. The van der Waals surface area contributed by atoms with Crippen LogP contribution in [0.5, 0.6) is 0 Å². The fourth-order valence-electron chi connectivity index (χ4n) is 2.80. The number of hydrogen-bond acceptors (Lipinski definition) is 4. The number of carbonyl (C=O) groups excluding carboxylic acids is 1. The fourth-order valence-corrected chi connectivity index (χ4v) is 2.99. The van der Waals surface area contributed by atoms with Gasteiger partial charge < -0.3 is 10.6 Å². The molecule has 0 aliphatic rings. The first-order valence-corrected chi connectivity index (χ1v) is 8.55. The number of carbonyl (C=O) groups is 1. The van der Waals surface area contributed by atoms with Gasteiger partial charge in [0.1, 0.15) is 5.69 Å². The van der Waals surface area contributed by atoms with E-state index in [0.717, 1.165) is 28.1 Å². The summed E-state index contributed by atoms with van der Waals surface area (Å²) in [6.45, 7) is 5.98. The number of benzene rings is 2. The molecule has 26 heavy (non-hydrogen) atoms. The Labute approximate surface area is 157 Å². The Balaban J connectivity index is 1.80. The van der Waals surface area contributed by atoms with E-state index >= 15 is 0 Å². The highest BCUT2D eigenvalue weighted by Crippen LogP contribution is 2.23. The molecule has 6 heteroatoms. The average molecular weight is 367 g/mol. The van der Waals surface area contributed by atoms with Crippen molar-refractivity contribution in [2.45, 2.75) is 20.8 Å². The van der Waals surface area contributed by atoms with E-state index in [1.165, 1.54) is 0 Å². The summed E-state index contributed by atoms with van der Waals surface area (Å²) < 4.78 is 0. The van der Waals surface area contributed by atoms with E-state index in [-0.39, 0.29) is 11.6 Å². The molecule has 132 valence electrons. The molecular formula is C20H19ClN4O. The molecule has 0 bridgehead atoms. The third-order valence-electron chi connectivity index (χ3n) is 3.88. The zero-order chi connectivity index (χ0) is 18.7. The van der Waals surface area contributed by atoms with Crippen LogP contribution < -0.4 is 10.6 Å². The summed E-state index contributed by atoms with van der Waals surface area (Å²) in [5.74, 6) is 0.0499. The Hall–Kier alpha value is -2.92.